The monoisotopic (exact) mass is 380 g/mol. The van der Waals surface area contributed by atoms with Crippen LogP contribution in [0.4, 0.5) is 13.2 Å². The number of hydrogen-bond donors (Lipinski definition) is 0. The molecule has 0 aromatic heterocycles. The van der Waals surface area contributed by atoms with Crippen LogP contribution in [-0.4, -0.2) is 25.9 Å². The molecular weight excluding hydrogens is 369 g/mol. The third-order valence-corrected chi connectivity index (χ3v) is 3.94. The predicted octanol–water partition coefficient (Wildman–Crippen LogP) is 2.13. The zero-order valence-corrected chi connectivity index (χ0v) is 13.2. The summed E-state index contributed by atoms with van der Waals surface area (Å²) in [5, 5.41) is 0. The Morgan fingerprint density at radius 1 is 1.24 bits per heavy atom. The molecule has 0 saturated carbocycles. The third-order valence-electron chi connectivity index (χ3n) is 2.97. The molecule has 0 spiro atoms. The molecule has 136 valence electrons. The quantitative estimate of drug-likeness (QED) is 0.254. The molecule has 11 heteroatoms. The Labute approximate surface area is 140 Å². The van der Waals surface area contributed by atoms with Crippen LogP contribution in [0, 0.1) is 0 Å². The van der Waals surface area contributed by atoms with E-state index in [1.807, 2.05) is 0 Å². The molecule has 1 aliphatic heterocycles. The van der Waals surface area contributed by atoms with Crippen LogP contribution in [0.15, 0.2) is 30.9 Å². The molecule has 0 N–H and O–H groups in total. The van der Waals surface area contributed by atoms with E-state index < -0.39 is 46.0 Å². The maximum Gasteiger partial charge on any atom is 0.534 e. The van der Waals surface area contributed by atoms with Crippen LogP contribution in [0.1, 0.15) is 23.8 Å². The second kappa shape index (κ2) is 6.75. The van der Waals surface area contributed by atoms with Crippen LogP contribution in [0.25, 0.3) is 0 Å². The summed E-state index contributed by atoms with van der Waals surface area (Å²) in [5.41, 5.74) is -5.46. The minimum absolute atomic E-state index is 0.0120. The largest absolute Gasteiger partial charge is 0.534 e. The minimum Gasteiger partial charge on any atom is -0.420 e. The second-order valence-electron chi connectivity index (χ2n) is 4.83. The Morgan fingerprint density at radius 3 is 2.36 bits per heavy atom. The van der Waals surface area contributed by atoms with Crippen LogP contribution in [0.3, 0.4) is 0 Å². The summed E-state index contributed by atoms with van der Waals surface area (Å²) in [5.74, 6) is -2.23. The molecule has 7 nitrogen and oxygen atoms in total. The molecule has 2 rings (SSSR count). The summed E-state index contributed by atoms with van der Waals surface area (Å²) in [7, 11) is -5.85. The van der Waals surface area contributed by atoms with Gasteiger partial charge in [0, 0.05) is 11.1 Å². The average molecular weight is 380 g/mol. The van der Waals surface area contributed by atoms with Gasteiger partial charge in [-0.25, -0.2) is 0 Å². The van der Waals surface area contributed by atoms with Gasteiger partial charge in [-0.3, -0.25) is 9.59 Å². The van der Waals surface area contributed by atoms with Crippen molar-refractivity contribution in [2.75, 3.05) is 0 Å². The predicted molar refractivity (Wildman–Crippen MR) is 75.5 cm³/mol. The number of benzene rings is 1. The molecule has 1 heterocycles. The van der Waals surface area contributed by atoms with Crippen molar-refractivity contribution in [3.63, 3.8) is 0 Å². The first-order valence-corrected chi connectivity index (χ1v) is 8.08. The van der Waals surface area contributed by atoms with Crippen LogP contribution in [-0.2, 0) is 35.6 Å². The summed E-state index contributed by atoms with van der Waals surface area (Å²) >= 11 is 0. The van der Waals surface area contributed by atoms with Crippen molar-refractivity contribution < 1.29 is 44.8 Å². The number of ether oxygens (including phenoxy) is 2. The highest BCUT2D eigenvalue weighted by Crippen LogP contribution is 2.32. The van der Waals surface area contributed by atoms with Crippen LogP contribution in [0.2, 0.25) is 0 Å². The third kappa shape index (κ3) is 4.29. The van der Waals surface area contributed by atoms with Crippen molar-refractivity contribution in [3.8, 4) is 5.75 Å². The molecule has 1 aromatic rings. The number of cyclic esters (lactones) is 2. The van der Waals surface area contributed by atoms with Gasteiger partial charge in [-0.15, -0.1) is 6.58 Å². The smallest absolute Gasteiger partial charge is 0.420 e. The zero-order chi connectivity index (χ0) is 18.8. The Balaban J connectivity index is 2.36. The fourth-order valence-corrected chi connectivity index (χ4v) is 2.40. The van der Waals surface area contributed by atoms with Crippen LogP contribution >= 0.6 is 0 Å². The number of carbonyl (C=O) groups is 2. The lowest BCUT2D eigenvalue weighted by Crippen LogP contribution is -2.28. The van der Waals surface area contributed by atoms with Crippen molar-refractivity contribution in [1.82, 2.24) is 0 Å². The number of rotatable bonds is 5. The fraction of sp³-hybridized carbons (Fsp3) is 0.286. The standard InChI is InChI=1S/C14H11F3O7S/c1-2-3-8-6-9(13-22-11(18)7-12(19)23-13)4-5-10(8)24-25(20,21)14(15,16)17/h2,4-6,13H,1,3,7H2. The Hall–Kier alpha value is -2.56. The highest BCUT2D eigenvalue weighted by molar-refractivity contribution is 7.88. The number of esters is 2. The van der Waals surface area contributed by atoms with E-state index in [0.717, 1.165) is 12.1 Å². The van der Waals surface area contributed by atoms with E-state index in [1.54, 1.807) is 0 Å². The second-order valence-corrected chi connectivity index (χ2v) is 6.37. The molecule has 1 saturated heterocycles. The van der Waals surface area contributed by atoms with E-state index in [9.17, 15) is 31.2 Å². The van der Waals surface area contributed by atoms with Gasteiger partial charge >= 0.3 is 27.6 Å². The van der Waals surface area contributed by atoms with Gasteiger partial charge in [-0.1, -0.05) is 6.08 Å². The number of allylic oxidation sites excluding steroid dienone is 1. The van der Waals surface area contributed by atoms with Gasteiger partial charge in [0.15, 0.2) is 0 Å². The number of carbonyl (C=O) groups excluding carboxylic acids is 2. The van der Waals surface area contributed by atoms with Crippen LogP contribution in [0.5, 0.6) is 5.75 Å². The van der Waals surface area contributed by atoms with E-state index in [1.165, 1.54) is 12.1 Å². The molecule has 0 aliphatic carbocycles. The molecule has 0 bridgehead atoms. The van der Waals surface area contributed by atoms with E-state index in [2.05, 4.69) is 10.8 Å². The molecule has 0 atom stereocenters. The first-order chi connectivity index (χ1) is 11.5. The maximum atomic E-state index is 12.4. The molecule has 1 fully saturated rings. The summed E-state index contributed by atoms with van der Waals surface area (Å²) in [6.07, 6.45) is -0.692. The van der Waals surface area contributed by atoms with Gasteiger partial charge < -0.3 is 13.7 Å². The Morgan fingerprint density at radius 2 is 1.84 bits per heavy atom. The van der Waals surface area contributed by atoms with Crippen molar-refractivity contribution >= 4 is 22.1 Å². The number of hydrogen-bond acceptors (Lipinski definition) is 7. The summed E-state index contributed by atoms with van der Waals surface area (Å²) in [6.45, 7) is 3.41. The van der Waals surface area contributed by atoms with Crippen molar-refractivity contribution in [1.29, 1.82) is 0 Å². The molecular formula is C14H11F3O7S. The summed E-state index contributed by atoms with van der Waals surface area (Å²) < 4.78 is 73.4. The lowest BCUT2D eigenvalue weighted by Gasteiger charge is -2.23. The first kappa shape index (κ1) is 18.8. The molecule has 1 aromatic carbocycles. The van der Waals surface area contributed by atoms with Crippen molar-refractivity contribution in [3.05, 3.63) is 42.0 Å². The summed E-state index contributed by atoms with van der Waals surface area (Å²) in [4.78, 5) is 22.5. The van der Waals surface area contributed by atoms with Gasteiger partial charge in [0.05, 0.1) is 0 Å². The van der Waals surface area contributed by atoms with Crippen molar-refractivity contribution in [2.45, 2.75) is 24.6 Å². The average Bonchev–Trinajstić information content (AvgIpc) is 2.47. The Kier molecular flexibility index (Phi) is 5.07. The SMILES string of the molecule is C=CCc1cc(C2OC(=O)CC(=O)O2)ccc1OS(=O)(=O)C(F)(F)F. The highest BCUT2D eigenvalue weighted by Gasteiger charge is 2.48. The fourth-order valence-electron chi connectivity index (χ4n) is 1.91. The highest BCUT2D eigenvalue weighted by atomic mass is 32.2. The Bertz CT molecular complexity index is 798. The maximum absolute atomic E-state index is 12.4. The molecule has 0 radical (unpaired) electrons. The van der Waals surface area contributed by atoms with Crippen LogP contribution < -0.4 is 4.18 Å². The lowest BCUT2D eigenvalue weighted by molar-refractivity contribution is -0.204. The van der Waals surface area contributed by atoms with E-state index >= 15 is 0 Å². The van der Waals surface area contributed by atoms with Gasteiger partial charge in [0.2, 0.25) is 0 Å². The minimum atomic E-state index is -5.85. The van der Waals surface area contributed by atoms with Crippen molar-refractivity contribution in [2.24, 2.45) is 0 Å². The molecule has 25 heavy (non-hydrogen) atoms. The first-order valence-electron chi connectivity index (χ1n) is 6.67. The van der Waals surface area contributed by atoms with E-state index in [-0.39, 0.29) is 17.5 Å². The molecule has 0 amide bonds. The summed E-state index contributed by atoms with van der Waals surface area (Å²) in [6, 6.07) is 3.25. The normalized spacial score (nSPS) is 16.1. The topological polar surface area (TPSA) is 96.0 Å². The van der Waals surface area contributed by atoms with Gasteiger partial charge in [0.1, 0.15) is 12.2 Å². The lowest BCUT2D eigenvalue weighted by atomic mass is 10.1. The number of alkyl halides is 3. The number of halogens is 3. The zero-order valence-electron chi connectivity index (χ0n) is 12.4. The van der Waals surface area contributed by atoms with E-state index in [0.29, 0.717) is 0 Å². The van der Waals surface area contributed by atoms with Gasteiger partial charge in [-0.05, 0) is 24.6 Å². The van der Waals surface area contributed by atoms with Gasteiger partial charge in [-0.2, -0.15) is 21.6 Å². The molecule has 0 unspecified atom stereocenters. The molecule has 1 aliphatic rings. The van der Waals surface area contributed by atoms with E-state index in [4.69, 9.17) is 9.47 Å². The van der Waals surface area contributed by atoms with Gasteiger partial charge in [0.25, 0.3) is 6.29 Å².